The third kappa shape index (κ3) is 5.65. The smallest absolute Gasteiger partial charge is 0.338 e. The van der Waals surface area contributed by atoms with Crippen LogP contribution in [0.25, 0.3) is 0 Å². The van der Waals surface area contributed by atoms with Gasteiger partial charge in [-0.25, -0.2) is 18.0 Å². The zero-order valence-corrected chi connectivity index (χ0v) is 17.0. The van der Waals surface area contributed by atoms with Gasteiger partial charge in [-0.2, -0.15) is 4.31 Å². The Morgan fingerprint density at radius 1 is 1.22 bits per heavy atom. The van der Waals surface area contributed by atoms with E-state index in [1.54, 1.807) is 13.8 Å². The Balaban J connectivity index is 3.07. The van der Waals surface area contributed by atoms with Gasteiger partial charge in [0.1, 0.15) is 4.90 Å². The van der Waals surface area contributed by atoms with Crippen LogP contribution in [-0.2, 0) is 19.6 Å². The lowest BCUT2D eigenvalue weighted by molar-refractivity contribution is -0.127. The van der Waals surface area contributed by atoms with Crippen molar-refractivity contribution in [2.24, 2.45) is 0 Å². The molecule has 27 heavy (non-hydrogen) atoms. The van der Waals surface area contributed by atoms with E-state index in [0.29, 0.717) is 0 Å². The average Bonchev–Trinajstić information content (AvgIpc) is 2.62. The number of sulfonamides is 1. The van der Waals surface area contributed by atoms with Crippen molar-refractivity contribution >= 4 is 39.5 Å². The van der Waals surface area contributed by atoms with Crippen LogP contribution in [0.4, 0.5) is 4.79 Å². The molecule has 0 fully saturated rings. The van der Waals surface area contributed by atoms with Crippen LogP contribution in [0.2, 0.25) is 5.02 Å². The highest BCUT2D eigenvalue weighted by Gasteiger charge is 2.27. The lowest BCUT2D eigenvalue weighted by Crippen LogP contribution is -2.43. The normalized spacial score (nSPS) is 12.4. The molecule has 3 amide bonds. The third-order valence-electron chi connectivity index (χ3n) is 3.61. The van der Waals surface area contributed by atoms with E-state index in [1.165, 1.54) is 30.4 Å². The van der Waals surface area contributed by atoms with Gasteiger partial charge in [-0.05, 0) is 25.1 Å². The summed E-state index contributed by atoms with van der Waals surface area (Å²) in [5, 5.41) is 4.12. The zero-order valence-electron chi connectivity index (χ0n) is 15.4. The highest BCUT2D eigenvalue weighted by molar-refractivity contribution is 7.89. The maximum absolute atomic E-state index is 12.7. The van der Waals surface area contributed by atoms with Gasteiger partial charge in [-0.3, -0.25) is 10.1 Å². The number of nitrogens with one attached hydrogen (secondary N) is 2. The number of carbonyl (C=O) groups excluding carboxylic acids is 3. The first-order valence-corrected chi connectivity index (χ1v) is 9.93. The predicted octanol–water partition coefficient (Wildman–Crippen LogP) is 1.37. The van der Waals surface area contributed by atoms with E-state index >= 15 is 0 Å². The second kappa shape index (κ2) is 9.67. The molecule has 0 saturated carbocycles. The fraction of sp³-hybridized carbons (Fsp3) is 0.438. The molecule has 0 aliphatic rings. The van der Waals surface area contributed by atoms with Crippen molar-refractivity contribution in [1.82, 2.24) is 14.9 Å². The molecule has 1 rings (SSSR count). The largest absolute Gasteiger partial charge is 0.449 e. The maximum atomic E-state index is 12.7. The number of ether oxygens (including phenoxy) is 1. The van der Waals surface area contributed by atoms with Gasteiger partial charge in [0, 0.05) is 20.1 Å². The topological polar surface area (TPSA) is 122 Å². The summed E-state index contributed by atoms with van der Waals surface area (Å²) in [6.45, 7) is 5.11. The number of imide groups is 1. The molecule has 0 bridgehead atoms. The summed E-state index contributed by atoms with van der Waals surface area (Å²) in [5.74, 6) is -1.75. The first-order chi connectivity index (χ1) is 12.6. The van der Waals surface area contributed by atoms with E-state index in [-0.39, 0.29) is 28.6 Å². The first kappa shape index (κ1) is 22.9. The summed E-state index contributed by atoms with van der Waals surface area (Å²) >= 11 is 6.01. The van der Waals surface area contributed by atoms with Crippen LogP contribution in [-0.4, -0.2) is 56.9 Å². The van der Waals surface area contributed by atoms with Crippen molar-refractivity contribution < 1.29 is 27.5 Å². The van der Waals surface area contributed by atoms with Crippen LogP contribution in [0.15, 0.2) is 23.1 Å². The van der Waals surface area contributed by atoms with E-state index in [4.69, 9.17) is 16.3 Å². The molecule has 0 aliphatic heterocycles. The summed E-state index contributed by atoms with van der Waals surface area (Å²) in [5.41, 5.74) is -0.0928. The number of rotatable bonds is 7. The number of esters is 1. The Labute approximate surface area is 163 Å². The summed E-state index contributed by atoms with van der Waals surface area (Å²) in [7, 11) is -2.57. The molecule has 0 saturated heterocycles. The molecular weight excluding hydrogens is 398 g/mol. The molecule has 0 aliphatic carbocycles. The fourth-order valence-electron chi connectivity index (χ4n) is 2.09. The Kier molecular flexibility index (Phi) is 8.20. The highest BCUT2D eigenvalue weighted by atomic mass is 35.5. The molecule has 0 heterocycles. The predicted molar refractivity (Wildman–Crippen MR) is 99.0 cm³/mol. The molecule has 1 unspecified atom stereocenters. The number of carbonyl (C=O) groups is 3. The molecule has 0 aromatic heterocycles. The monoisotopic (exact) mass is 419 g/mol. The molecule has 1 aromatic rings. The molecule has 9 nitrogen and oxygen atoms in total. The van der Waals surface area contributed by atoms with Crippen molar-refractivity contribution in [3.05, 3.63) is 28.8 Å². The minimum absolute atomic E-state index is 0.0381. The van der Waals surface area contributed by atoms with E-state index in [0.717, 1.165) is 6.07 Å². The Hall–Kier alpha value is -2.17. The summed E-state index contributed by atoms with van der Waals surface area (Å²) in [6.07, 6.45) is -1.27. The number of amides is 3. The van der Waals surface area contributed by atoms with Gasteiger partial charge >= 0.3 is 12.0 Å². The standard InChI is InChI=1S/C16H22ClN3O6S/c1-5-20(6-2)27(24,25)13-9-11(7-8-12(13)17)15(22)26-10(3)14(21)19-16(23)18-4/h7-10H,5-6H2,1-4H3,(H2,18,19,21,23). The number of halogens is 1. The SMILES string of the molecule is CCN(CC)S(=O)(=O)c1cc(C(=O)OC(C)C(=O)NC(=O)NC)ccc1Cl. The second-order valence-electron chi connectivity index (χ2n) is 5.35. The third-order valence-corrected chi connectivity index (χ3v) is 6.14. The van der Waals surface area contributed by atoms with Gasteiger partial charge in [-0.15, -0.1) is 0 Å². The van der Waals surface area contributed by atoms with E-state index < -0.39 is 34.0 Å². The number of nitrogens with zero attached hydrogens (tertiary/aromatic N) is 1. The average molecular weight is 420 g/mol. The molecule has 0 radical (unpaired) electrons. The quantitative estimate of drug-likeness (QED) is 0.643. The number of urea groups is 1. The first-order valence-electron chi connectivity index (χ1n) is 8.11. The van der Waals surface area contributed by atoms with Gasteiger partial charge in [0.05, 0.1) is 10.6 Å². The summed E-state index contributed by atoms with van der Waals surface area (Å²) < 4.78 is 31.5. The van der Waals surface area contributed by atoms with Crippen LogP contribution in [0.1, 0.15) is 31.1 Å². The van der Waals surface area contributed by atoms with Gasteiger partial charge in [0.25, 0.3) is 5.91 Å². The van der Waals surface area contributed by atoms with Crippen molar-refractivity contribution in [1.29, 1.82) is 0 Å². The Morgan fingerprint density at radius 3 is 2.33 bits per heavy atom. The molecule has 1 atom stereocenters. The van der Waals surface area contributed by atoms with Crippen molar-refractivity contribution in [2.75, 3.05) is 20.1 Å². The lowest BCUT2D eigenvalue weighted by atomic mass is 10.2. The molecule has 0 spiro atoms. The molecule has 150 valence electrons. The molecule has 11 heteroatoms. The minimum Gasteiger partial charge on any atom is -0.449 e. The van der Waals surface area contributed by atoms with Crippen LogP contribution in [0.5, 0.6) is 0 Å². The Morgan fingerprint density at radius 2 is 1.81 bits per heavy atom. The fourth-order valence-corrected chi connectivity index (χ4v) is 4.05. The summed E-state index contributed by atoms with van der Waals surface area (Å²) in [4.78, 5) is 34.9. The number of benzene rings is 1. The molecule has 2 N–H and O–H groups in total. The number of hydrogen-bond acceptors (Lipinski definition) is 6. The van der Waals surface area contributed by atoms with E-state index in [9.17, 15) is 22.8 Å². The number of hydrogen-bond donors (Lipinski definition) is 2. The van der Waals surface area contributed by atoms with Crippen molar-refractivity contribution in [2.45, 2.75) is 31.8 Å². The van der Waals surface area contributed by atoms with Crippen LogP contribution < -0.4 is 10.6 Å². The van der Waals surface area contributed by atoms with Crippen molar-refractivity contribution in [3.63, 3.8) is 0 Å². The van der Waals surface area contributed by atoms with Gasteiger partial charge in [-0.1, -0.05) is 25.4 Å². The maximum Gasteiger partial charge on any atom is 0.338 e. The Bertz CT molecular complexity index is 823. The van der Waals surface area contributed by atoms with Gasteiger partial charge < -0.3 is 10.1 Å². The second-order valence-corrected chi connectivity index (χ2v) is 7.66. The zero-order chi connectivity index (χ0) is 20.8. The van der Waals surface area contributed by atoms with E-state index in [1.807, 2.05) is 5.32 Å². The highest BCUT2D eigenvalue weighted by Crippen LogP contribution is 2.26. The van der Waals surface area contributed by atoms with Crippen molar-refractivity contribution in [3.8, 4) is 0 Å². The van der Waals surface area contributed by atoms with Crippen LogP contribution in [0.3, 0.4) is 0 Å². The van der Waals surface area contributed by atoms with Crippen LogP contribution in [0, 0.1) is 0 Å². The van der Waals surface area contributed by atoms with Gasteiger partial charge in [0.15, 0.2) is 6.10 Å². The lowest BCUT2D eigenvalue weighted by Gasteiger charge is -2.19. The van der Waals surface area contributed by atoms with E-state index in [2.05, 4.69) is 5.32 Å². The molecular formula is C16H22ClN3O6S. The molecule has 1 aromatic carbocycles. The summed E-state index contributed by atoms with van der Waals surface area (Å²) in [6, 6.07) is 2.91. The van der Waals surface area contributed by atoms with Crippen LogP contribution >= 0.6 is 11.6 Å². The minimum atomic E-state index is -3.89. The van der Waals surface area contributed by atoms with Gasteiger partial charge in [0.2, 0.25) is 10.0 Å².